The maximum absolute atomic E-state index is 12.0. The number of carbonyl (C=O) groups is 1. The second kappa shape index (κ2) is 5.36. The molecule has 1 aromatic rings. The van der Waals surface area contributed by atoms with Crippen LogP contribution in [0.15, 0.2) is 16.7 Å². The van der Waals surface area contributed by atoms with E-state index in [0.717, 1.165) is 35.2 Å². The second-order valence-corrected chi connectivity index (χ2v) is 5.55. The van der Waals surface area contributed by atoms with Crippen molar-refractivity contribution >= 4 is 27.5 Å². The van der Waals surface area contributed by atoms with Crippen LogP contribution in [0.4, 0.5) is 5.69 Å². The zero-order valence-corrected chi connectivity index (χ0v) is 12.2. The summed E-state index contributed by atoms with van der Waals surface area (Å²) >= 11 is 3.30. The first-order valence-electron chi connectivity index (χ1n) is 6.03. The Kier molecular flexibility index (Phi) is 4.02. The van der Waals surface area contributed by atoms with E-state index in [-0.39, 0.29) is 11.5 Å². The van der Waals surface area contributed by atoms with E-state index in [0.29, 0.717) is 6.42 Å². The number of aryl methyl sites for hydroxylation is 1. The quantitative estimate of drug-likeness (QED) is 0.869. The van der Waals surface area contributed by atoms with E-state index in [1.165, 1.54) is 0 Å². The van der Waals surface area contributed by atoms with E-state index in [1.54, 1.807) is 7.11 Å². The normalized spacial score (nSPS) is 17.1. The monoisotopic (exact) mass is 312 g/mol. The highest BCUT2D eigenvalue weighted by molar-refractivity contribution is 9.10. The van der Waals surface area contributed by atoms with Gasteiger partial charge in [0.25, 0.3) is 0 Å². The molecule has 4 nitrogen and oxygen atoms in total. The molecule has 0 unspecified atom stereocenters. The van der Waals surface area contributed by atoms with E-state index in [2.05, 4.69) is 26.2 Å². The third-order valence-electron chi connectivity index (χ3n) is 3.51. The lowest BCUT2D eigenvalue weighted by atomic mass is 9.77. The number of methoxy groups -OCH3 is 1. The average Bonchev–Trinajstić information content (AvgIpc) is 2.27. The van der Waals surface area contributed by atoms with Gasteiger partial charge in [-0.25, -0.2) is 4.98 Å². The van der Waals surface area contributed by atoms with Crippen molar-refractivity contribution in [2.45, 2.75) is 38.2 Å². The third kappa shape index (κ3) is 2.90. The van der Waals surface area contributed by atoms with Crippen molar-refractivity contribution in [2.24, 2.45) is 0 Å². The molecule has 1 heterocycles. The van der Waals surface area contributed by atoms with Crippen molar-refractivity contribution in [3.8, 4) is 0 Å². The molecule has 98 valence electrons. The molecule has 0 aliphatic heterocycles. The van der Waals surface area contributed by atoms with E-state index >= 15 is 0 Å². The molecule has 1 amide bonds. The van der Waals surface area contributed by atoms with Gasteiger partial charge in [-0.15, -0.1) is 0 Å². The van der Waals surface area contributed by atoms with E-state index in [9.17, 15) is 4.79 Å². The number of hydrogen-bond acceptors (Lipinski definition) is 3. The van der Waals surface area contributed by atoms with Crippen LogP contribution in [-0.2, 0) is 9.53 Å². The highest BCUT2D eigenvalue weighted by atomic mass is 79.9. The number of amides is 1. The first-order valence-corrected chi connectivity index (χ1v) is 6.82. The number of carbonyl (C=O) groups excluding carboxylic acids is 1. The number of aromatic nitrogens is 1. The molecule has 0 atom stereocenters. The molecule has 1 N–H and O–H groups in total. The van der Waals surface area contributed by atoms with Gasteiger partial charge in [0.15, 0.2) is 0 Å². The summed E-state index contributed by atoms with van der Waals surface area (Å²) in [4.78, 5) is 16.2. The second-order valence-electron chi connectivity index (χ2n) is 4.73. The molecule has 1 saturated carbocycles. The highest BCUT2D eigenvalue weighted by Gasteiger charge is 2.39. The fourth-order valence-corrected chi connectivity index (χ4v) is 2.57. The van der Waals surface area contributed by atoms with Crippen LogP contribution >= 0.6 is 15.9 Å². The van der Waals surface area contributed by atoms with Crippen LogP contribution in [0.3, 0.4) is 0 Å². The van der Waals surface area contributed by atoms with Gasteiger partial charge >= 0.3 is 0 Å². The molecule has 5 heteroatoms. The Bertz CT molecular complexity index is 453. The van der Waals surface area contributed by atoms with Crippen molar-refractivity contribution in [3.05, 3.63) is 22.4 Å². The molecule has 2 rings (SSSR count). The topological polar surface area (TPSA) is 51.2 Å². The minimum Gasteiger partial charge on any atom is -0.378 e. The smallest absolute Gasteiger partial charge is 0.227 e. The summed E-state index contributed by atoms with van der Waals surface area (Å²) in [6.45, 7) is 1.87. The molecule has 0 saturated heterocycles. The summed E-state index contributed by atoms with van der Waals surface area (Å²) in [5.41, 5.74) is 1.33. The van der Waals surface area contributed by atoms with Gasteiger partial charge in [-0.2, -0.15) is 0 Å². The van der Waals surface area contributed by atoms with E-state index < -0.39 is 0 Å². The fraction of sp³-hybridized carbons (Fsp3) is 0.538. The van der Waals surface area contributed by atoms with Gasteiger partial charge in [0, 0.05) is 7.11 Å². The Balaban J connectivity index is 1.98. The lowest BCUT2D eigenvalue weighted by molar-refractivity contribution is -0.129. The summed E-state index contributed by atoms with van der Waals surface area (Å²) in [6.07, 6.45) is 3.49. The molecule has 0 aromatic carbocycles. The van der Waals surface area contributed by atoms with Crippen LogP contribution in [0.5, 0.6) is 0 Å². The average molecular weight is 313 g/mol. The number of rotatable bonds is 4. The van der Waals surface area contributed by atoms with Gasteiger partial charge in [-0.3, -0.25) is 4.79 Å². The van der Waals surface area contributed by atoms with Crippen molar-refractivity contribution in [1.82, 2.24) is 4.98 Å². The first-order chi connectivity index (χ1) is 8.54. The SMILES string of the molecule is COC1(CC(=O)Nc2ccc(Br)nc2C)CCC1. The van der Waals surface area contributed by atoms with Crippen LogP contribution in [0.1, 0.15) is 31.4 Å². The van der Waals surface area contributed by atoms with Crippen LogP contribution in [0.2, 0.25) is 0 Å². The summed E-state index contributed by atoms with van der Waals surface area (Å²) in [7, 11) is 1.68. The summed E-state index contributed by atoms with van der Waals surface area (Å²) < 4.78 is 6.22. The molecule has 1 fully saturated rings. The lowest BCUT2D eigenvalue weighted by Gasteiger charge is -2.39. The van der Waals surface area contributed by atoms with Crippen molar-refractivity contribution < 1.29 is 9.53 Å². The van der Waals surface area contributed by atoms with Crippen molar-refractivity contribution in [2.75, 3.05) is 12.4 Å². The molecule has 0 bridgehead atoms. The van der Waals surface area contributed by atoms with Crippen LogP contribution < -0.4 is 5.32 Å². The van der Waals surface area contributed by atoms with Crippen molar-refractivity contribution in [1.29, 1.82) is 0 Å². The number of nitrogens with zero attached hydrogens (tertiary/aromatic N) is 1. The third-order valence-corrected chi connectivity index (χ3v) is 3.95. The van der Waals surface area contributed by atoms with Crippen LogP contribution in [0.25, 0.3) is 0 Å². The van der Waals surface area contributed by atoms with Gasteiger partial charge in [0.05, 0.1) is 23.4 Å². The Morgan fingerprint density at radius 3 is 2.78 bits per heavy atom. The molecule has 0 radical (unpaired) electrons. The Labute approximate surface area is 115 Å². The summed E-state index contributed by atoms with van der Waals surface area (Å²) in [5.74, 6) is -0.0104. The number of nitrogens with one attached hydrogen (secondary N) is 1. The molecule has 1 aliphatic rings. The number of hydrogen-bond donors (Lipinski definition) is 1. The predicted octanol–water partition coefficient (Wildman–Crippen LogP) is 3.05. The van der Waals surface area contributed by atoms with Gasteiger partial charge in [0.1, 0.15) is 4.60 Å². The minimum absolute atomic E-state index is 0.0104. The molecule has 18 heavy (non-hydrogen) atoms. The van der Waals surface area contributed by atoms with E-state index in [1.807, 2.05) is 19.1 Å². The van der Waals surface area contributed by atoms with Crippen LogP contribution in [0, 0.1) is 6.92 Å². The Morgan fingerprint density at radius 1 is 1.56 bits per heavy atom. The molecular weight excluding hydrogens is 296 g/mol. The molecule has 0 spiro atoms. The lowest BCUT2D eigenvalue weighted by Crippen LogP contribution is -2.42. The van der Waals surface area contributed by atoms with Gasteiger partial charge in [-0.1, -0.05) is 0 Å². The zero-order valence-electron chi connectivity index (χ0n) is 10.6. The fourth-order valence-electron chi connectivity index (χ4n) is 2.17. The maximum Gasteiger partial charge on any atom is 0.227 e. The molecular formula is C13H17BrN2O2. The first kappa shape index (κ1) is 13.5. The maximum atomic E-state index is 12.0. The number of halogens is 1. The van der Waals surface area contributed by atoms with Gasteiger partial charge in [-0.05, 0) is 54.2 Å². The van der Waals surface area contributed by atoms with Gasteiger partial charge in [0.2, 0.25) is 5.91 Å². The number of pyridine rings is 1. The summed E-state index contributed by atoms with van der Waals surface area (Å²) in [5, 5.41) is 2.89. The van der Waals surface area contributed by atoms with E-state index in [4.69, 9.17) is 4.74 Å². The Morgan fingerprint density at radius 2 is 2.28 bits per heavy atom. The zero-order chi connectivity index (χ0) is 13.2. The predicted molar refractivity (Wildman–Crippen MR) is 73.5 cm³/mol. The summed E-state index contributed by atoms with van der Waals surface area (Å²) in [6, 6.07) is 3.67. The van der Waals surface area contributed by atoms with Gasteiger partial charge < -0.3 is 10.1 Å². The Hall–Kier alpha value is -0.940. The highest BCUT2D eigenvalue weighted by Crippen LogP contribution is 2.38. The number of ether oxygens (including phenoxy) is 1. The molecule has 1 aliphatic carbocycles. The minimum atomic E-state index is -0.235. The van der Waals surface area contributed by atoms with Crippen molar-refractivity contribution in [3.63, 3.8) is 0 Å². The molecule has 1 aromatic heterocycles. The number of anilines is 1. The standard InChI is InChI=1S/C13H17BrN2O2/c1-9-10(4-5-11(14)15-9)16-12(17)8-13(18-2)6-3-7-13/h4-5H,3,6-8H2,1-2H3,(H,16,17). The largest absolute Gasteiger partial charge is 0.378 e. The van der Waals surface area contributed by atoms with Crippen LogP contribution in [-0.4, -0.2) is 23.6 Å².